The fraction of sp³-hybridized carbons (Fsp3) is 0.417. The second-order valence-corrected chi connectivity index (χ2v) is 3.41. The number of carbonyl (C=O) groups excluding carboxylic acids is 1. The lowest BCUT2D eigenvalue weighted by Crippen LogP contribution is -2.25. The second-order valence-electron chi connectivity index (χ2n) is 3.41. The highest BCUT2D eigenvalue weighted by molar-refractivity contribution is 5.91. The van der Waals surface area contributed by atoms with Crippen LogP contribution in [0, 0.1) is 0 Å². The van der Waals surface area contributed by atoms with Gasteiger partial charge in [0.05, 0.1) is 0 Å². The molecule has 0 radical (unpaired) electrons. The molecule has 0 aromatic carbocycles. The molecular weight excluding hydrogens is 188 g/mol. The minimum atomic E-state index is -0.408. The number of hydrogen-bond acceptors (Lipinski definition) is 2. The van der Waals surface area contributed by atoms with Gasteiger partial charge in [0.25, 0.3) is 0 Å². The average molecular weight is 208 g/mol. The highest BCUT2D eigenvalue weighted by Gasteiger charge is 2.03. The Labute approximate surface area is 91.9 Å². The van der Waals surface area contributed by atoms with Gasteiger partial charge >= 0.3 is 0 Å². The van der Waals surface area contributed by atoms with Gasteiger partial charge in [0.1, 0.15) is 0 Å². The monoisotopic (exact) mass is 208 g/mol. The smallest absolute Gasteiger partial charge is 0.244 e. The summed E-state index contributed by atoms with van der Waals surface area (Å²) in [6.45, 7) is 13.5. The Morgan fingerprint density at radius 3 is 2.20 bits per heavy atom. The molecule has 0 atom stereocenters. The molecule has 0 saturated carbocycles. The molecule has 84 valence electrons. The van der Waals surface area contributed by atoms with E-state index in [0.717, 1.165) is 26.1 Å². The fourth-order valence-electron chi connectivity index (χ4n) is 1.26. The van der Waals surface area contributed by atoms with E-state index in [2.05, 4.69) is 24.6 Å². The van der Waals surface area contributed by atoms with Crippen molar-refractivity contribution < 1.29 is 4.79 Å². The lowest BCUT2D eigenvalue weighted by Gasteiger charge is -2.18. The van der Waals surface area contributed by atoms with Gasteiger partial charge in [0, 0.05) is 18.7 Å². The van der Waals surface area contributed by atoms with Gasteiger partial charge in [-0.2, -0.15) is 0 Å². The van der Waals surface area contributed by atoms with Crippen LogP contribution in [0.3, 0.4) is 0 Å². The maximum absolute atomic E-state index is 10.7. The summed E-state index contributed by atoms with van der Waals surface area (Å²) < 4.78 is 0. The van der Waals surface area contributed by atoms with Crippen LogP contribution in [-0.4, -0.2) is 30.4 Å². The molecule has 0 heterocycles. The van der Waals surface area contributed by atoms with Gasteiger partial charge < -0.3 is 5.73 Å². The van der Waals surface area contributed by atoms with Gasteiger partial charge in [-0.3, -0.25) is 9.69 Å². The van der Waals surface area contributed by atoms with E-state index in [0.29, 0.717) is 12.0 Å². The van der Waals surface area contributed by atoms with E-state index in [-0.39, 0.29) is 0 Å². The summed E-state index contributed by atoms with van der Waals surface area (Å²) >= 11 is 0. The molecule has 0 aliphatic heterocycles. The van der Waals surface area contributed by atoms with Crippen molar-refractivity contribution in [3.63, 3.8) is 0 Å². The van der Waals surface area contributed by atoms with E-state index < -0.39 is 5.91 Å². The first-order chi connectivity index (χ1) is 7.11. The Hall–Kier alpha value is -1.35. The van der Waals surface area contributed by atoms with E-state index >= 15 is 0 Å². The Balaban J connectivity index is 3.79. The summed E-state index contributed by atoms with van der Waals surface area (Å²) in [5, 5.41) is 0. The number of hydrogen-bond donors (Lipinski definition) is 1. The summed E-state index contributed by atoms with van der Waals surface area (Å²) in [4.78, 5) is 12.9. The molecule has 1 amide bonds. The number of rotatable bonds is 9. The molecule has 0 bridgehead atoms. The van der Waals surface area contributed by atoms with E-state index in [1.165, 1.54) is 0 Å². The van der Waals surface area contributed by atoms with Crippen molar-refractivity contribution in [2.24, 2.45) is 5.73 Å². The molecule has 0 unspecified atom stereocenters. The number of nitrogens with zero attached hydrogens (tertiary/aromatic N) is 1. The predicted molar refractivity (Wildman–Crippen MR) is 64.4 cm³/mol. The van der Waals surface area contributed by atoms with Crippen LogP contribution in [0.25, 0.3) is 0 Å². The van der Waals surface area contributed by atoms with Crippen LogP contribution in [0.5, 0.6) is 0 Å². The Kier molecular flexibility index (Phi) is 7.28. The Morgan fingerprint density at radius 1 is 1.27 bits per heavy atom. The van der Waals surface area contributed by atoms with Crippen molar-refractivity contribution in [1.29, 1.82) is 0 Å². The lowest BCUT2D eigenvalue weighted by atomic mass is 10.1. The Bertz CT molecular complexity index is 236. The van der Waals surface area contributed by atoms with Crippen molar-refractivity contribution in [2.75, 3.05) is 19.6 Å². The minimum absolute atomic E-state index is 0.408. The molecule has 0 spiro atoms. The van der Waals surface area contributed by atoms with Crippen molar-refractivity contribution in [2.45, 2.75) is 12.8 Å². The van der Waals surface area contributed by atoms with Crippen LogP contribution < -0.4 is 5.73 Å². The van der Waals surface area contributed by atoms with Crippen LogP contribution in [0.15, 0.2) is 37.5 Å². The number of nitrogens with two attached hydrogens (primary N) is 1. The van der Waals surface area contributed by atoms with Crippen LogP contribution in [0.1, 0.15) is 12.8 Å². The van der Waals surface area contributed by atoms with E-state index in [9.17, 15) is 4.79 Å². The van der Waals surface area contributed by atoms with Gasteiger partial charge in [-0.05, 0) is 19.4 Å². The fourth-order valence-corrected chi connectivity index (χ4v) is 1.26. The molecule has 0 aliphatic rings. The second kappa shape index (κ2) is 8.00. The summed E-state index contributed by atoms with van der Waals surface area (Å²) in [5.74, 6) is -0.408. The quantitative estimate of drug-likeness (QED) is 0.461. The van der Waals surface area contributed by atoms with Crippen molar-refractivity contribution >= 4 is 5.91 Å². The Morgan fingerprint density at radius 2 is 1.80 bits per heavy atom. The average Bonchev–Trinajstić information content (AvgIpc) is 2.18. The predicted octanol–water partition coefficient (Wildman–Crippen LogP) is 1.48. The van der Waals surface area contributed by atoms with Crippen LogP contribution in [-0.2, 0) is 4.79 Å². The summed E-state index contributed by atoms with van der Waals surface area (Å²) in [5.41, 5.74) is 5.58. The first-order valence-corrected chi connectivity index (χ1v) is 5.03. The first kappa shape index (κ1) is 13.7. The number of carbonyl (C=O) groups is 1. The van der Waals surface area contributed by atoms with E-state index in [1.807, 2.05) is 12.2 Å². The SMILES string of the molecule is C=CCN(CC=C)CCCC(=C)C(N)=O. The third-order valence-corrected chi connectivity index (χ3v) is 2.08. The number of primary amides is 1. The molecule has 15 heavy (non-hydrogen) atoms. The third-order valence-electron chi connectivity index (χ3n) is 2.08. The zero-order chi connectivity index (χ0) is 11.7. The highest BCUT2D eigenvalue weighted by atomic mass is 16.1. The molecule has 0 aliphatic carbocycles. The molecule has 0 saturated heterocycles. The van der Waals surface area contributed by atoms with Crippen molar-refractivity contribution in [1.82, 2.24) is 4.90 Å². The van der Waals surface area contributed by atoms with Gasteiger partial charge in [-0.25, -0.2) is 0 Å². The standard InChI is InChI=1S/C12H20N2O/c1-4-8-14(9-5-2)10-6-7-11(3)12(13)15/h4-5H,1-3,6-10H2,(H2,13,15). The molecule has 0 aromatic heterocycles. The first-order valence-electron chi connectivity index (χ1n) is 5.03. The normalized spacial score (nSPS) is 9.93. The van der Waals surface area contributed by atoms with Crippen LogP contribution in [0.4, 0.5) is 0 Å². The maximum atomic E-state index is 10.7. The van der Waals surface area contributed by atoms with Crippen LogP contribution >= 0.6 is 0 Å². The summed E-state index contributed by atoms with van der Waals surface area (Å²) in [7, 11) is 0. The lowest BCUT2D eigenvalue weighted by molar-refractivity contribution is -0.114. The zero-order valence-corrected chi connectivity index (χ0v) is 9.24. The van der Waals surface area contributed by atoms with Crippen molar-refractivity contribution in [3.05, 3.63) is 37.5 Å². The van der Waals surface area contributed by atoms with Gasteiger partial charge in [0.2, 0.25) is 5.91 Å². The molecule has 3 nitrogen and oxygen atoms in total. The molecule has 0 rings (SSSR count). The third kappa shape index (κ3) is 6.69. The molecule has 0 aromatic rings. The molecule has 3 heteroatoms. The van der Waals surface area contributed by atoms with Gasteiger partial charge in [-0.15, -0.1) is 13.2 Å². The van der Waals surface area contributed by atoms with Gasteiger partial charge in [-0.1, -0.05) is 18.7 Å². The minimum Gasteiger partial charge on any atom is -0.366 e. The largest absolute Gasteiger partial charge is 0.366 e. The molecule has 2 N–H and O–H groups in total. The van der Waals surface area contributed by atoms with Crippen molar-refractivity contribution in [3.8, 4) is 0 Å². The van der Waals surface area contributed by atoms with Gasteiger partial charge in [0.15, 0.2) is 0 Å². The molecular formula is C12H20N2O. The molecule has 0 fully saturated rings. The zero-order valence-electron chi connectivity index (χ0n) is 9.24. The highest BCUT2D eigenvalue weighted by Crippen LogP contribution is 2.03. The maximum Gasteiger partial charge on any atom is 0.244 e. The van der Waals surface area contributed by atoms with E-state index in [4.69, 9.17) is 5.73 Å². The summed E-state index contributed by atoms with van der Waals surface area (Å²) in [6.07, 6.45) is 5.24. The number of amides is 1. The van der Waals surface area contributed by atoms with Crippen LogP contribution in [0.2, 0.25) is 0 Å². The topological polar surface area (TPSA) is 46.3 Å². The summed E-state index contributed by atoms with van der Waals surface area (Å²) in [6, 6.07) is 0. The van der Waals surface area contributed by atoms with E-state index in [1.54, 1.807) is 0 Å².